The monoisotopic (exact) mass is 369 g/mol. The fraction of sp³-hybridized carbons (Fsp3) is 0.211. The Balaban J connectivity index is 1.50. The molecule has 0 radical (unpaired) electrons. The summed E-state index contributed by atoms with van der Waals surface area (Å²) in [5.41, 5.74) is 1.28. The Kier molecular flexibility index (Phi) is 6.19. The van der Waals surface area contributed by atoms with E-state index in [4.69, 9.17) is 0 Å². The highest BCUT2D eigenvalue weighted by Gasteiger charge is 2.12. The molecular weight excluding hydrogens is 350 g/mol. The number of carbonyl (C=O) groups excluding carboxylic acids is 1. The summed E-state index contributed by atoms with van der Waals surface area (Å²) < 4.78 is 0. The van der Waals surface area contributed by atoms with E-state index in [1.807, 2.05) is 48.5 Å². The van der Waals surface area contributed by atoms with Gasteiger partial charge in [-0.15, -0.1) is 22.0 Å². The van der Waals surface area contributed by atoms with Crippen LogP contribution in [0.2, 0.25) is 0 Å². The average Bonchev–Trinajstić information content (AvgIpc) is 3.08. The summed E-state index contributed by atoms with van der Waals surface area (Å²) in [5, 5.41) is 12.6. The number of nitrogens with one attached hydrogen (secondary N) is 1. The fourth-order valence-corrected chi connectivity index (χ4v) is 3.97. The van der Waals surface area contributed by atoms with Crippen molar-refractivity contribution in [3.63, 3.8) is 0 Å². The standard InChI is InChI=1S/C19H19N3OS2/c1-14(15-8-4-2-5-9-15)12-18-21-22-19(25-18)20-17(23)13-24-16-10-6-3-7-11-16/h2-11,14H,12-13H2,1H3,(H,20,22,23). The zero-order valence-corrected chi connectivity index (χ0v) is 15.5. The first-order valence-electron chi connectivity index (χ1n) is 8.06. The van der Waals surface area contributed by atoms with Crippen molar-refractivity contribution >= 4 is 34.1 Å². The molecule has 1 N–H and O–H groups in total. The van der Waals surface area contributed by atoms with Crippen LogP contribution in [-0.2, 0) is 11.2 Å². The third kappa shape index (κ3) is 5.41. The van der Waals surface area contributed by atoms with Crippen molar-refractivity contribution in [2.45, 2.75) is 24.2 Å². The maximum absolute atomic E-state index is 12.0. The molecule has 3 aromatic rings. The zero-order valence-electron chi connectivity index (χ0n) is 13.9. The number of carbonyl (C=O) groups is 1. The lowest BCUT2D eigenvalue weighted by Crippen LogP contribution is -2.13. The average molecular weight is 370 g/mol. The van der Waals surface area contributed by atoms with Gasteiger partial charge in [0, 0.05) is 11.3 Å². The molecule has 0 aliphatic rings. The molecule has 0 aliphatic heterocycles. The number of benzene rings is 2. The maximum atomic E-state index is 12.0. The molecule has 0 saturated carbocycles. The molecule has 128 valence electrons. The molecule has 0 aliphatic carbocycles. The third-order valence-corrected chi connectivity index (χ3v) is 5.55. The van der Waals surface area contributed by atoms with E-state index in [1.165, 1.54) is 28.7 Å². The van der Waals surface area contributed by atoms with Crippen LogP contribution in [0, 0.1) is 0 Å². The van der Waals surface area contributed by atoms with Crippen molar-refractivity contribution in [1.82, 2.24) is 10.2 Å². The number of hydrogen-bond donors (Lipinski definition) is 1. The van der Waals surface area contributed by atoms with E-state index in [0.717, 1.165) is 16.3 Å². The van der Waals surface area contributed by atoms with Crippen molar-refractivity contribution in [3.8, 4) is 0 Å². The SMILES string of the molecule is CC(Cc1nnc(NC(=O)CSc2ccccc2)s1)c1ccccc1. The fourth-order valence-electron chi connectivity index (χ4n) is 2.37. The summed E-state index contributed by atoms with van der Waals surface area (Å²) in [7, 11) is 0. The van der Waals surface area contributed by atoms with Crippen LogP contribution in [0.4, 0.5) is 5.13 Å². The van der Waals surface area contributed by atoms with Crippen LogP contribution in [-0.4, -0.2) is 21.9 Å². The first-order chi connectivity index (χ1) is 12.2. The molecule has 3 rings (SSSR count). The Labute approximate surface area is 155 Å². The smallest absolute Gasteiger partial charge is 0.236 e. The molecule has 1 aromatic heterocycles. The lowest BCUT2D eigenvalue weighted by atomic mass is 9.98. The second kappa shape index (κ2) is 8.78. The summed E-state index contributed by atoms with van der Waals surface area (Å²) in [6, 6.07) is 20.2. The molecule has 2 aromatic carbocycles. The van der Waals surface area contributed by atoms with Gasteiger partial charge in [-0.1, -0.05) is 66.8 Å². The minimum atomic E-state index is -0.0624. The van der Waals surface area contributed by atoms with Gasteiger partial charge in [0.05, 0.1) is 5.75 Å². The van der Waals surface area contributed by atoms with E-state index in [0.29, 0.717) is 16.8 Å². The van der Waals surface area contributed by atoms with Crippen molar-refractivity contribution in [2.24, 2.45) is 0 Å². The Morgan fingerprint density at radius 2 is 1.76 bits per heavy atom. The number of aromatic nitrogens is 2. The molecule has 0 bridgehead atoms. The zero-order chi connectivity index (χ0) is 17.5. The van der Waals surface area contributed by atoms with Gasteiger partial charge < -0.3 is 0 Å². The summed E-state index contributed by atoms with van der Waals surface area (Å²) in [5.74, 6) is 0.665. The van der Waals surface area contributed by atoms with Crippen LogP contribution < -0.4 is 5.32 Å². The van der Waals surface area contributed by atoms with Crippen LogP contribution in [0.25, 0.3) is 0 Å². The second-order valence-corrected chi connectivity index (χ2v) is 7.78. The van der Waals surface area contributed by atoms with Gasteiger partial charge in [0.2, 0.25) is 11.0 Å². The van der Waals surface area contributed by atoms with Crippen LogP contribution >= 0.6 is 23.1 Å². The van der Waals surface area contributed by atoms with Crippen LogP contribution in [0.3, 0.4) is 0 Å². The molecule has 1 unspecified atom stereocenters. The van der Waals surface area contributed by atoms with Gasteiger partial charge in [0.15, 0.2) is 0 Å². The lowest BCUT2D eigenvalue weighted by Gasteiger charge is -2.08. The molecule has 1 atom stereocenters. The van der Waals surface area contributed by atoms with E-state index < -0.39 is 0 Å². The van der Waals surface area contributed by atoms with Crippen molar-refractivity contribution in [2.75, 3.05) is 11.1 Å². The van der Waals surface area contributed by atoms with E-state index in [-0.39, 0.29) is 5.91 Å². The van der Waals surface area contributed by atoms with Crippen LogP contribution in [0.1, 0.15) is 23.4 Å². The highest BCUT2D eigenvalue weighted by molar-refractivity contribution is 8.00. The molecule has 1 amide bonds. The lowest BCUT2D eigenvalue weighted by molar-refractivity contribution is -0.113. The Hall–Kier alpha value is -2.18. The number of anilines is 1. The van der Waals surface area contributed by atoms with Gasteiger partial charge in [-0.3, -0.25) is 10.1 Å². The van der Waals surface area contributed by atoms with E-state index >= 15 is 0 Å². The van der Waals surface area contributed by atoms with Gasteiger partial charge >= 0.3 is 0 Å². The van der Waals surface area contributed by atoms with Crippen molar-refractivity contribution in [1.29, 1.82) is 0 Å². The normalized spacial score (nSPS) is 11.9. The van der Waals surface area contributed by atoms with Gasteiger partial charge in [-0.25, -0.2) is 0 Å². The first-order valence-corrected chi connectivity index (χ1v) is 9.86. The summed E-state index contributed by atoms with van der Waals surface area (Å²) in [6.45, 7) is 2.17. The minimum absolute atomic E-state index is 0.0624. The highest BCUT2D eigenvalue weighted by Crippen LogP contribution is 2.24. The van der Waals surface area contributed by atoms with Crippen molar-refractivity contribution in [3.05, 3.63) is 71.2 Å². The first kappa shape index (κ1) is 17.6. The predicted octanol–water partition coefficient (Wildman–Crippen LogP) is 4.62. The van der Waals surface area contributed by atoms with E-state index in [1.54, 1.807) is 0 Å². The summed E-state index contributed by atoms with van der Waals surface area (Å²) in [6.07, 6.45) is 0.816. The summed E-state index contributed by atoms with van der Waals surface area (Å²) >= 11 is 2.95. The van der Waals surface area contributed by atoms with Gasteiger partial charge in [-0.2, -0.15) is 0 Å². The molecule has 0 saturated heterocycles. The van der Waals surface area contributed by atoms with E-state index in [9.17, 15) is 4.79 Å². The van der Waals surface area contributed by atoms with Crippen LogP contribution in [0.5, 0.6) is 0 Å². The Bertz CT molecular complexity index is 806. The highest BCUT2D eigenvalue weighted by atomic mass is 32.2. The Morgan fingerprint density at radius 3 is 2.48 bits per heavy atom. The maximum Gasteiger partial charge on any atom is 0.236 e. The predicted molar refractivity (Wildman–Crippen MR) is 104 cm³/mol. The topological polar surface area (TPSA) is 54.9 Å². The number of nitrogens with zero attached hydrogens (tertiary/aromatic N) is 2. The van der Waals surface area contributed by atoms with E-state index in [2.05, 4.69) is 34.6 Å². The largest absolute Gasteiger partial charge is 0.300 e. The third-order valence-electron chi connectivity index (χ3n) is 3.68. The molecule has 25 heavy (non-hydrogen) atoms. The Morgan fingerprint density at radius 1 is 1.08 bits per heavy atom. The molecule has 0 fully saturated rings. The number of thioether (sulfide) groups is 1. The number of hydrogen-bond acceptors (Lipinski definition) is 5. The van der Waals surface area contributed by atoms with Gasteiger partial charge in [0.25, 0.3) is 0 Å². The van der Waals surface area contributed by atoms with Crippen molar-refractivity contribution < 1.29 is 4.79 Å². The van der Waals surface area contributed by atoms with Gasteiger partial charge in [-0.05, 0) is 23.6 Å². The molecule has 6 heteroatoms. The summed E-state index contributed by atoms with van der Waals surface area (Å²) in [4.78, 5) is 13.1. The minimum Gasteiger partial charge on any atom is -0.300 e. The number of amides is 1. The van der Waals surface area contributed by atoms with Gasteiger partial charge in [0.1, 0.15) is 5.01 Å². The molecular formula is C19H19N3OS2. The molecule has 0 spiro atoms. The number of rotatable bonds is 7. The molecule has 4 nitrogen and oxygen atoms in total. The quantitative estimate of drug-likeness (QED) is 0.618. The second-order valence-electron chi connectivity index (χ2n) is 5.67. The molecule has 1 heterocycles. The van der Waals surface area contributed by atoms with Crippen LogP contribution in [0.15, 0.2) is 65.6 Å².